The number of nitrogen functional groups attached to an aromatic ring is 1. The van der Waals surface area contributed by atoms with Gasteiger partial charge in [0, 0.05) is 6.07 Å². The largest absolute Gasteiger partial charge is 0.491 e. The summed E-state index contributed by atoms with van der Waals surface area (Å²) in [6.07, 6.45) is 0.950. The summed E-state index contributed by atoms with van der Waals surface area (Å²) in [7, 11) is 0. The van der Waals surface area contributed by atoms with Crippen LogP contribution in [0.4, 0.5) is 5.69 Å². The van der Waals surface area contributed by atoms with Crippen LogP contribution in [0.5, 0.6) is 5.75 Å². The summed E-state index contributed by atoms with van der Waals surface area (Å²) in [5.41, 5.74) is 7.43. The molecule has 2 rings (SSSR count). The zero-order valence-electron chi connectivity index (χ0n) is 11.0. The van der Waals surface area contributed by atoms with E-state index in [1.54, 1.807) is 4.68 Å². The Hall–Kier alpha value is -2.04. The lowest BCUT2D eigenvalue weighted by atomic mass is 10.2. The summed E-state index contributed by atoms with van der Waals surface area (Å²) in [6.45, 7) is 6.51. The summed E-state index contributed by atoms with van der Waals surface area (Å²) >= 11 is 0. The molecule has 5 nitrogen and oxygen atoms in total. The summed E-state index contributed by atoms with van der Waals surface area (Å²) in [5.74, 6) is 2.29. The number of anilines is 1. The van der Waals surface area contributed by atoms with Crippen LogP contribution in [0.25, 0.3) is 5.69 Å². The molecule has 0 saturated heterocycles. The normalized spacial score (nSPS) is 10.6. The molecule has 0 radical (unpaired) electrons. The number of hydrogen-bond donors (Lipinski definition) is 1. The van der Waals surface area contributed by atoms with E-state index in [0.29, 0.717) is 18.0 Å². The van der Waals surface area contributed by atoms with Crippen LogP contribution in [0.3, 0.4) is 0 Å². The maximum absolute atomic E-state index is 5.88. The molecule has 0 aliphatic rings. The van der Waals surface area contributed by atoms with Crippen LogP contribution in [0.2, 0.25) is 0 Å². The molecule has 0 saturated carbocycles. The molecule has 18 heavy (non-hydrogen) atoms. The second-order valence-corrected chi connectivity index (χ2v) is 4.19. The van der Waals surface area contributed by atoms with Crippen LogP contribution in [0, 0.1) is 13.8 Å². The van der Waals surface area contributed by atoms with Crippen LogP contribution >= 0.6 is 0 Å². The molecule has 0 aliphatic heterocycles. The SMILES string of the molecule is CCCOc1cc(-n2nc(C)nc2C)ccc1N. The standard InChI is InChI=1S/C13H18N4O/c1-4-7-18-13-8-11(5-6-12(13)14)17-10(3)15-9(2)16-17/h5-6,8H,4,7,14H2,1-3H3. The highest BCUT2D eigenvalue weighted by Crippen LogP contribution is 2.25. The topological polar surface area (TPSA) is 66.0 Å². The second-order valence-electron chi connectivity index (χ2n) is 4.19. The molecule has 2 aromatic rings. The molecule has 0 spiro atoms. The van der Waals surface area contributed by atoms with Gasteiger partial charge in [0.15, 0.2) is 0 Å². The van der Waals surface area contributed by atoms with E-state index in [1.807, 2.05) is 32.0 Å². The number of hydrogen-bond acceptors (Lipinski definition) is 4. The highest BCUT2D eigenvalue weighted by Gasteiger charge is 2.08. The van der Waals surface area contributed by atoms with E-state index in [-0.39, 0.29) is 0 Å². The van der Waals surface area contributed by atoms with Crippen molar-refractivity contribution in [2.75, 3.05) is 12.3 Å². The van der Waals surface area contributed by atoms with Crippen molar-refractivity contribution in [2.45, 2.75) is 27.2 Å². The van der Waals surface area contributed by atoms with Crippen molar-refractivity contribution in [3.05, 3.63) is 29.8 Å². The van der Waals surface area contributed by atoms with Crippen molar-refractivity contribution in [2.24, 2.45) is 0 Å². The van der Waals surface area contributed by atoms with E-state index in [1.165, 1.54) is 0 Å². The van der Waals surface area contributed by atoms with Crippen LogP contribution < -0.4 is 10.5 Å². The van der Waals surface area contributed by atoms with Gasteiger partial charge in [-0.2, -0.15) is 5.10 Å². The average molecular weight is 246 g/mol. The minimum Gasteiger partial charge on any atom is -0.491 e. The highest BCUT2D eigenvalue weighted by atomic mass is 16.5. The maximum atomic E-state index is 5.88. The minimum atomic E-state index is 0.640. The van der Waals surface area contributed by atoms with Crippen molar-refractivity contribution >= 4 is 5.69 Å². The Bertz CT molecular complexity index is 548. The molecular weight excluding hydrogens is 228 g/mol. The number of nitrogens with two attached hydrogens (primary N) is 1. The third-order valence-corrected chi connectivity index (χ3v) is 2.58. The monoisotopic (exact) mass is 246 g/mol. The van der Waals surface area contributed by atoms with Gasteiger partial charge in [-0.05, 0) is 32.4 Å². The van der Waals surface area contributed by atoms with Crippen molar-refractivity contribution < 1.29 is 4.74 Å². The Balaban J connectivity index is 2.37. The average Bonchev–Trinajstić information content (AvgIpc) is 2.67. The quantitative estimate of drug-likeness (QED) is 0.840. The third-order valence-electron chi connectivity index (χ3n) is 2.58. The predicted molar refractivity (Wildman–Crippen MR) is 71.0 cm³/mol. The third kappa shape index (κ3) is 2.45. The summed E-state index contributed by atoms with van der Waals surface area (Å²) < 4.78 is 7.39. The van der Waals surface area contributed by atoms with Crippen molar-refractivity contribution in [1.82, 2.24) is 14.8 Å². The van der Waals surface area contributed by atoms with Crippen LogP contribution in [0.1, 0.15) is 25.0 Å². The van der Waals surface area contributed by atoms with E-state index in [4.69, 9.17) is 10.5 Å². The molecule has 0 amide bonds. The fourth-order valence-corrected chi connectivity index (χ4v) is 1.76. The first-order valence-corrected chi connectivity index (χ1v) is 6.04. The Morgan fingerprint density at radius 1 is 1.33 bits per heavy atom. The van der Waals surface area contributed by atoms with E-state index in [9.17, 15) is 0 Å². The van der Waals surface area contributed by atoms with Gasteiger partial charge in [0.2, 0.25) is 0 Å². The summed E-state index contributed by atoms with van der Waals surface area (Å²) in [6, 6.07) is 5.64. The molecule has 0 fully saturated rings. The van der Waals surface area contributed by atoms with Crippen molar-refractivity contribution in [3.63, 3.8) is 0 Å². The van der Waals surface area contributed by atoms with E-state index in [2.05, 4.69) is 17.0 Å². The maximum Gasteiger partial charge on any atom is 0.148 e. The van der Waals surface area contributed by atoms with Crippen LogP contribution in [0.15, 0.2) is 18.2 Å². The number of ether oxygens (including phenoxy) is 1. The molecule has 0 bridgehead atoms. The molecule has 96 valence electrons. The second kappa shape index (κ2) is 5.08. The Labute approximate surface area is 107 Å². The molecule has 0 aliphatic carbocycles. The molecule has 1 aromatic carbocycles. The molecule has 2 N–H and O–H groups in total. The van der Waals surface area contributed by atoms with Gasteiger partial charge in [-0.15, -0.1) is 0 Å². The molecule has 1 aromatic heterocycles. The Morgan fingerprint density at radius 3 is 2.72 bits per heavy atom. The number of benzene rings is 1. The van der Waals surface area contributed by atoms with Crippen molar-refractivity contribution in [1.29, 1.82) is 0 Å². The zero-order valence-corrected chi connectivity index (χ0v) is 11.0. The predicted octanol–water partition coefficient (Wildman–Crippen LogP) is 2.26. The lowest BCUT2D eigenvalue weighted by molar-refractivity contribution is 0.319. The van der Waals surface area contributed by atoms with Gasteiger partial charge >= 0.3 is 0 Å². The van der Waals surface area contributed by atoms with Crippen molar-refractivity contribution in [3.8, 4) is 11.4 Å². The van der Waals surface area contributed by atoms with Gasteiger partial charge in [0.05, 0.1) is 18.0 Å². The lowest BCUT2D eigenvalue weighted by Crippen LogP contribution is -2.03. The Kier molecular flexibility index (Phi) is 3.50. The van der Waals surface area contributed by atoms with Gasteiger partial charge in [-0.3, -0.25) is 0 Å². The fourth-order valence-electron chi connectivity index (χ4n) is 1.76. The summed E-state index contributed by atoms with van der Waals surface area (Å²) in [4.78, 5) is 4.28. The summed E-state index contributed by atoms with van der Waals surface area (Å²) in [5, 5.41) is 4.34. The first kappa shape index (κ1) is 12.4. The molecule has 0 atom stereocenters. The number of nitrogens with zero attached hydrogens (tertiary/aromatic N) is 3. The van der Waals surface area contributed by atoms with E-state index >= 15 is 0 Å². The molecular formula is C13H18N4O. The first-order valence-electron chi connectivity index (χ1n) is 6.04. The van der Waals surface area contributed by atoms with Crippen LogP contribution in [-0.2, 0) is 0 Å². The molecule has 5 heteroatoms. The van der Waals surface area contributed by atoms with Gasteiger partial charge in [-0.1, -0.05) is 6.92 Å². The smallest absolute Gasteiger partial charge is 0.148 e. The fraction of sp³-hybridized carbons (Fsp3) is 0.385. The van der Waals surface area contributed by atoms with Gasteiger partial charge in [0.25, 0.3) is 0 Å². The number of rotatable bonds is 4. The molecule has 0 unspecified atom stereocenters. The number of aryl methyl sites for hydroxylation is 2. The molecule has 1 heterocycles. The van der Waals surface area contributed by atoms with E-state index < -0.39 is 0 Å². The number of aromatic nitrogens is 3. The van der Waals surface area contributed by atoms with Gasteiger partial charge in [-0.25, -0.2) is 9.67 Å². The van der Waals surface area contributed by atoms with Gasteiger partial charge in [0.1, 0.15) is 17.4 Å². The minimum absolute atomic E-state index is 0.640. The van der Waals surface area contributed by atoms with Gasteiger partial charge < -0.3 is 10.5 Å². The van der Waals surface area contributed by atoms with E-state index in [0.717, 1.165) is 23.8 Å². The Morgan fingerprint density at radius 2 is 2.11 bits per heavy atom. The van der Waals surface area contributed by atoms with Crippen LogP contribution in [-0.4, -0.2) is 21.4 Å². The zero-order chi connectivity index (χ0) is 13.1. The highest BCUT2D eigenvalue weighted by molar-refractivity contribution is 5.57. The lowest BCUT2D eigenvalue weighted by Gasteiger charge is -2.10. The first-order chi connectivity index (χ1) is 8.61.